The molecule has 2 aromatic heterocycles. The summed E-state index contributed by atoms with van der Waals surface area (Å²) in [5.74, 6) is -0.783. The molecule has 0 saturated carbocycles. The van der Waals surface area contributed by atoms with Crippen molar-refractivity contribution in [2.24, 2.45) is 0 Å². The summed E-state index contributed by atoms with van der Waals surface area (Å²) < 4.78 is 26.9. The number of likely N-dealkylation sites (tertiary alicyclic amines) is 1. The number of aromatic amines is 1. The molecule has 24 heavy (non-hydrogen) atoms. The maximum atomic E-state index is 13.9. The van der Waals surface area contributed by atoms with Gasteiger partial charge in [-0.05, 0) is 25.5 Å². The smallest absolute Gasteiger partial charge is 0.199 e. The van der Waals surface area contributed by atoms with Gasteiger partial charge in [-0.25, -0.2) is 18.7 Å². The molecule has 1 aliphatic heterocycles. The van der Waals surface area contributed by atoms with Gasteiger partial charge in [0.05, 0.1) is 5.69 Å². The van der Waals surface area contributed by atoms with Crippen LogP contribution in [0.3, 0.4) is 0 Å². The Morgan fingerprint density at radius 3 is 2.96 bits per heavy atom. The predicted molar refractivity (Wildman–Crippen MR) is 85.3 cm³/mol. The van der Waals surface area contributed by atoms with Crippen LogP contribution in [0.5, 0.6) is 0 Å². The molecule has 1 fully saturated rings. The molecule has 3 heterocycles. The van der Waals surface area contributed by atoms with E-state index in [4.69, 9.17) is 0 Å². The molecule has 4 rings (SSSR count). The van der Waals surface area contributed by atoms with Gasteiger partial charge in [-0.1, -0.05) is 6.07 Å². The summed E-state index contributed by atoms with van der Waals surface area (Å²) in [6.07, 6.45) is 5.32. The van der Waals surface area contributed by atoms with Crippen molar-refractivity contribution in [1.82, 2.24) is 25.1 Å². The second-order valence-corrected chi connectivity index (χ2v) is 6.18. The van der Waals surface area contributed by atoms with Gasteiger partial charge in [-0.15, -0.1) is 0 Å². The fourth-order valence-electron chi connectivity index (χ4n) is 3.38. The van der Waals surface area contributed by atoms with Crippen LogP contribution in [0.25, 0.3) is 11.2 Å². The molecule has 1 aromatic carbocycles. The fourth-order valence-corrected chi connectivity index (χ4v) is 3.38. The van der Waals surface area contributed by atoms with Crippen LogP contribution < -0.4 is 0 Å². The van der Waals surface area contributed by atoms with Crippen LogP contribution in [0.15, 0.2) is 30.6 Å². The van der Waals surface area contributed by atoms with Gasteiger partial charge in [-0.3, -0.25) is 10.00 Å². The van der Waals surface area contributed by atoms with E-state index in [1.54, 1.807) is 12.4 Å². The third-order valence-electron chi connectivity index (χ3n) is 4.54. The standard InChI is InChI=1S/C17H17F2N5/c18-13-4-3-11(14(19)8-13)9-24-7-1-2-12(10-24)15-16-17(23-22-15)21-6-5-20-16/h3-6,8,12H,1-2,7,9-10H2,(H,21,22,23)/t12-/m0/s1. The molecule has 1 saturated heterocycles. The molecule has 0 unspecified atom stereocenters. The number of hydrogen-bond acceptors (Lipinski definition) is 4. The van der Waals surface area contributed by atoms with Gasteiger partial charge in [0.2, 0.25) is 0 Å². The lowest BCUT2D eigenvalue weighted by Crippen LogP contribution is -2.34. The topological polar surface area (TPSA) is 57.7 Å². The van der Waals surface area contributed by atoms with Crippen molar-refractivity contribution in [3.05, 3.63) is 53.5 Å². The second kappa shape index (κ2) is 6.24. The van der Waals surface area contributed by atoms with E-state index in [0.29, 0.717) is 17.8 Å². The first-order valence-electron chi connectivity index (χ1n) is 8.02. The summed E-state index contributed by atoms with van der Waals surface area (Å²) in [6.45, 7) is 2.15. The number of benzene rings is 1. The van der Waals surface area contributed by atoms with E-state index in [1.165, 1.54) is 12.1 Å². The van der Waals surface area contributed by atoms with E-state index >= 15 is 0 Å². The highest BCUT2D eigenvalue weighted by Crippen LogP contribution is 2.29. The molecule has 0 spiro atoms. The third kappa shape index (κ3) is 2.87. The van der Waals surface area contributed by atoms with Gasteiger partial charge in [0.25, 0.3) is 0 Å². The van der Waals surface area contributed by atoms with E-state index in [-0.39, 0.29) is 5.92 Å². The number of nitrogens with one attached hydrogen (secondary N) is 1. The molecule has 3 aromatic rings. The highest BCUT2D eigenvalue weighted by molar-refractivity contribution is 5.72. The van der Waals surface area contributed by atoms with E-state index in [2.05, 4.69) is 25.1 Å². The fraction of sp³-hybridized carbons (Fsp3) is 0.353. The first-order valence-corrected chi connectivity index (χ1v) is 8.02. The lowest BCUT2D eigenvalue weighted by molar-refractivity contribution is 0.196. The van der Waals surface area contributed by atoms with Crippen LogP contribution in [0.2, 0.25) is 0 Å². The minimum Gasteiger partial charge on any atom is -0.298 e. The number of H-pyrrole nitrogens is 1. The normalized spacial score (nSPS) is 19.0. The number of fused-ring (bicyclic) bond motifs is 1. The molecule has 0 radical (unpaired) electrons. The van der Waals surface area contributed by atoms with E-state index in [0.717, 1.165) is 43.2 Å². The van der Waals surface area contributed by atoms with Crippen LogP contribution in [0, 0.1) is 11.6 Å². The van der Waals surface area contributed by atoms with Gasteiger partial charge in [0.15, 0.2) is 5.65 Å². The lowest BCUT2D eigenvalue weighted by atomic mass is 9.94. The van der Waals surface area contributed by atoms with Crippen LogP contribution in [0.4, 0.5) is 8.78 Å². The highest BCUT2D eigenvalue weighted by Gasteiger charge is 2.25. The van der Waals surface area contributed by atoms with E-state index in [1.807, 2.05) is 0 Å². The molecular weight excluding hydrogens is 312 g/mol. The summed E-state index contributed by atoms with van der Waals surface area (Å²) in [5, 5.41) is 7.27. The Balaban J connectivity index is 1.53. The van der Waals surface area contributed by atoms with Crippen LogP contribution in [0.1, 0.15) is 30.0 Å². The molecule has 0 bridgehead atoms. The summed E-state index contributed by atoms with van der Waals surface area (Å²) in [7, 11) is 0. The minimum atomic E-state index is -0.546. The lowest BCUT2D eigenvalue weighted by Gasteiger charge is -2.32. The predicted octanol–water partition coefficient (Wildman–Crippen LogP) is 3.01. The summed E-state index contributed by atoms with van der Waals surface area (Å²) in [6, 6.07) is 3.76. The van der Waals surface area contributed by atoms with E-state index < -0.39 is 11.6 Å². The Hall–Kier alpha value is -2.41. The Morgan fingerprint density at radius 1 is 1.21 bits per heavy atom. The van der Waals surface area contributed by atoms with Crippen molar-refractivity contribution >= 4 is 11.2 Å². The van der Waals surface area contributed by atoms with Gasteiger partial charge in [-0.2, -0.15) is 5.10 Å². The number of halogens is 2. The third-order valence-corrected chi connectivity index (χ3v) is 4.54. The first-order chi connectivity index (χ1) is 11.7. The molecule has 1 N–H and O–H groups in total. The van der Waals surface area contributed by atoms with Crippen LogP contribution in [-0.4, -0.2) is 38.2 Å². The zero-order chi connectivity index (χ0) is 16.5. The van der Waals surface area contributed by atoms with Gasteiger partial charge >= 0.3 is 0 Å². The van der Waals surface area contributed by atoms with Crippen molar-refractivity contribution in [2.45, 2.75) is 25.3 Å². The first kappa shape index (κ1) is 15.1. The maximum Gasteiger partial charge on any atom is 0.199 e. The quantitative estimate of drug-likeness (QED) is 0.802. The summed E-state index contributed by atoms with van der Waals surface area (Å²) >= 11 is 0. The number of aromatic nitrogens is 4. The number of rotatable bonds is 3. The molecule has 1 aliphatic rings. The molecule has 124 valence electrons. The average Bonchev–Trinajstić information content (AvgIpc) is 3.02. The van der Waals surface area contributed by atoms with E-state index in [9.17, 15) is 8.78 Å². The summed E-state index contributed by atoms with van der Waals surface area (Å²) in [5.41, 5.74) is 2.93. The Labute approximate surface area is 137 Å². The zero-order valence-corrected chi connectivity index (χ0v) is 13.0. The number of nitrogens with zero attached hydrogens (tertiary/aromatic N) is 4. The van der Waals surface area contributed by atoms with Gasteiger partial charge < -0.3 is 0 Å². The van der Waals surface area contributed by atoms with Crippen LogP contribution >= 0.6 is 0 Å². The SMILES string of the molecule is Fc1ccc(CN2CCC[C@H](c3[nH]nc4nccnc34)C2)c(F)c1. The minimum absolute atomic E-state index is 0.254. The van der Waals surface area contributed by atoms with Crippen molar-refractivity contribution in [3.8, 4) is 0 Å². The highest BCUT2D eigenvalue weighted by atomic mass is 19.1. The number of piperidine rings is 1. The average molecular weight is 329 g/mol. The Morgan fingerprint density at radius 2 is 2.08 bits per heavy atom. The number of hydrogen-bond donors (Lipinski definition) is 1. The molecule has 0 amide bonds. The molecule has 0 aliphatic carbocycles. The Bertz CT molecular complexity index is 863. The molecule has 7 heteroatoms. The zero-order valence-electron chi connectivity index (χ0n) is 13.0. The molecular formula is C17H17F2N5. The van der Waals surface area contributed by atoms with Crippen molar-refractivity contribution in [2.75, 3.05) is 13.1 Å². The van der Waals surface area contributed by atoms with Crippen molar-refractivity contribution in [1.29, 1.82) is 0 Å². The second-order valence-electron chi connectivity index (χ2n) is 6.18. The summed E-state index contributed by atoms with van der Waals surface area (Å²) in [4.78, 5) is 10.8. The van der Waals surface area contributed by atoms with Crippen molar-refractivity contribution in [3.63, 3.8) is 0 Å². The maximum absolute atomic E-state index is 13.9. The largest absolute Gasteiger partial charge is 0.298 e. The molecule has 1 atom stereocenters. The van der Waals surface area contributed by atoms with Gasteiger partial charge in [0.1, 0.15) is 17.2 Å². The van der Waals surface area contributed by atoms with Gasteiger partial charge in [0, 0.05) is 43.0 Å². The van der Waals surface area contributed by atoms with Crippen LogP contribution in [-0.2, 0) is 6.54 Å². The monoisotopic (exact) mass is 329 g/mol. The van der Waals surface area contributed by atoms with Crippen molar-refractivity contribution < 1.29 is 8.78 Å². The Kier molecular flexibility index (Phi) is 3.93. The molecule has 5 nitrogen and oxygen atoms in total.